The lowest BCUT2D eigenvalue weighted by Crippen LogP contribution is -2.64. The van der Waals surface area contributed by atoms with Crippen LogP contribution in [0, 0.1) is 41.4 Å². The van der Waals surface area contributed by atoms with Gasteiger partial charge in [0.2, 0.25) is 59.1 Å². The highest BCUT2D eigenvalue weighted by Gasteiger charge is 2.46. The summed E-state index contributed by atoms with van der Waals surface area (Å²) in [4.78, 5) is 176. The fourth-order valence-electron chi connectivity index (χ4n) is 10.5. The van der Waals surface area contributed by atoms with E-state index in [1.807, 2.05) is 55.4 Å². The molecule has 0 aliphatic carbocycles. The lowest BCUT2D eigenvalue weighted by molar-refractivity contribution is -0.157. The molecular formula is C66H119N11O14S. The second-order valence-corrected chi connectivity index (χ2v) is 28.1. The zero-order valence-corrected chi connectivity index (χ0v) is 60.8. The van der Waals surface area contributed by atoms with Crippen molar-refractivity contribution in [2.45, 2.75) is 235 Å². The summed E-state index contributed by atoms with van der Waals surface area (Å²) in [6.45, 7) is 30.2. The summed E-state index contributed by atoms with van der Waals surface area (Å²) in [6, 6.07) is -13.1. The highest BCUT2D eigenvalue weighted by molar-refractivity contribution is 7.99. The number of thioether (sulfide) groups is 1. The van der Waals surface area contributed by atoms with E-state index in [9.17, 15) is 48.3 Å². The maximum absolute atomic E-state index is 15.3. The first kappa shape index (κ1) is 85.8. The summed E-state index contributed by atoms with van der Waals surface area (Å²) < 4.78 is 4.79. The number of rotatable bonds is 41. The van der Waals surface area contributed by atoms with E-state index in [-0.39, 0.29) is 85.5 Å². The van der Waals surface area contributed by atoms with Crippen molar-refractivity contribution in [1.82, 2.24) is 50.7 Å². The van der Waals surface area contributed by atoms with E-state index < -0.39 is 144 Å². The van der Waals surface area contributed by atoms with E-state index in [0.29, 0.717) is 12.7 Å². The molecule has 0 fully saturated rings. The molecule has 0 saturated carbocycles. The van der Waals surface area contributed by atoms with Gasteiger partial charge in [0.15, 0.2) is 0 Å². The van der Waals surface area contributed by atoms with Crippen LogP contribution in [0.2, 0.25) is 0 Å². The van der Waals surface area contributed by atoms with Crippen molar-refractivity contribution in [3.05, 3.63) is 12.2 Å². The van der Waals surface area contributed by atoms with E-state index in [4.69, 9.17) is 10.5 Å². The van der Waals surface area contributed by atoms with Gasteiger partial charge in [-0.25, -0.2) is 0 Å². The van der Waals surface area contributed by atoms with Crippen LogP contribution in [-0.2, 0) is 62.3 Å². The first-order valence-electron chi connectivity index (χ1n) is 32.6. The first-order valence-corrected chi connectivity index (χ1v) is 33.7. The number of amides is 10. The topological polar surface area (TPSA) is 328 Å². The van der Waals surface area contributed by atoms with Gasteiger partial charge in [-0.05, 0) is 101 Å². The number of carbonyl (C=O) groups is 12. The Labute approximate surface area is 554 Å². The van der Waals surface area contributed by atoms with Crippen molar-refractivity contribution in [2.24, 2.45) is 47.2 Å². The fourth-order valence-corrected chi connectivity index (χ4v) is 11.6. The van der Waals surface area contributed by atoms with Gasteiger partial charge in [0, 0.05) is 60.2 Å². The van der Waals surface area contributed by atoms with Crippen LogP contribution in [-0.4, -0.2) is 239 Å². The molecule has 0 unspecified atom stereocenters. The van der Waals surface area contributed by atoms with Crippen LogP contribution >= 0.6 is 11.8 Å². The molecule has 0 aromatic carbocycles. The number of hydrogen-bond acceptors (Lipinski definition) is 16. The van der Waals surface area contributed by atoms with Crippen LogP contribution in [0.25, 0.3) is 0 Å². The molecule has 0 rings (SSSR count). The summed E-state index contributed by atoms with van der Waals surface area (Å²) in [5.74, 6) is -8.95. The van der Waals surface area contributed by atoms with Gasteiger partial charge in [-0.3, -0.25) is 52.7 Å². The first-order chi connectivity index (χ1) is 42.6. The molecular weight excluding hydrogens is 1200 g/mol. The number of carbonyl (C=O) groups excluding carboxylic acids is 12. The Morgan fingerprint density at radius 3 is 1.45 bits per heavy atom. The smallest absolute Gasteiger partial charge is 0.323 e. The Kier molecular flexibility index (Phi) is 38.8. The van der Waals surface area contributed by atoms with Crippen molar-refractivity contribution in [2.75, 3.05) is 60.9 Å². The van der Waals surface area contributed by atoms with Crippen LogP contribution in [0.15, 0.2) is 12.2 Å². The van der Waals surface area contributed by atoms with Gasteiger partial charge in [0.1, 0.15) is 66.7 Å². The lowest BCUT2D eigenvalue weighted by Gasteiger charge is -2.41. The molecule has 0 aliphatic heterocycles. The third kappa shape index (κ3) is 26.7. The van der Waals surface area contributed by atoms with Crippen molar-refractivity contribution in [3.8, 4) is 0 Å². The van der Waals surface area contributed by atoms with Crippen LogP contribution in [0.4, 0.5) is 0 Å². The molecule has 0 bridgehead atoms. The molecule has 7 N–H and O–H groups in total. The molecule has 10 amide bonds. The van der Waals surface area contributed by atoms with E-state index >= 15 is 14.4 Å². The fraction of sp³-hybridized carbons (Fsp3) is 0.788. The highest BCUT2D eigenvalue weighted by Crippen LogP contribution is 2.26. The monoisotopic (exact) mass is 1320 g/mol. The summed E-state index contributed by atoms with van der Waals surface area (Å²) in [5.41, 5.74) is 6.07. The average Bonchev–Trinajstić information content (AvgIpc) is 0.811. The number of allylic oxidation sites excluding steroid dienone is 2. The van der Waals surface area contributed by atoms with Crippen LogP contribution in [0.5, 0.6) is 0 Å². The van der Waals surface area contributed by atoms with E-state index in [0.717, 1.165) is 21.6 Å². The molecule has 0 spiro atoms. The minimum Gasteiger partial charge on any atom is -0.468 e. The number of likely N-dealkylation sites (N-methyl/N-ethyl adjacent to an activating group) is 6. The number of nitrogens with zero attached hydrogens (tertiary/aromatic N) is 6. The average molecular weight is 1320 g/mol. The Balaban J connectivity index is 7.55. The minimum atomic E-state index is -1.68. The second-order valence-electron chi connectivity index (χ2n) is 27.1. The van der Waals surface area contributed by atoms with Crippen LogP contribution < -0.4 is 27.0 Å². The molecule has 0 heterocycles. The predicted octanol–water partition coefficient (Wildman–Crippen LogP) is 3.62. The Morgan fingerprint density at radius 2 is 0.989 bits per heavy atom. The Bertz CT molecular complexity index is 2460. The zero-order chi connectivity index (χ0) is 71.5. The number of aldehydes is 1. The van der Waals surface area contributed by atoms with Gasteiger partial charge in [0.25, 0.3) is 0 Å². The molecule has 0 aliphatic rings. The molecule has 0 saturated heterocycles. The Morgan fingerprint density at radius 1 is 0.522 bits per heavy atom. The number of esters is 1. The molecule has 0 aromatic heterocycles. The zero-order valence-electron chi connectivity index (χ0n) is 60.0. The number of aliphatic hydroxyl groups excluding tert-OH is 1. The van der Waals surface area contributed by atoms with Crippen LogP contribution in [0.3, 0.4) is 0 Å². The van der Waals surface area contributed by atoms with Crippen molar-refractivity contribution < 1.29 is 67.4 Å². The second kappa shape index (κ2) is 41.5. The van der Waals surface area contributed by atoms with Gasteiger partial charge in [-0.1, -0.05) is 109 Å². The summed E-state index contributed by atoms with van der Waals surface area (Å²) in [5, 5.41) is 23.1. The molecule has 26 heteroatoms. The van der Waals surface area contributed by atoms with E-state index in [2.05, 4.69) is 21.3 Å². The molecule has 25 nitrogen and oxygen atoms in total. The molecule has 13 atom stereocenters. The van der Waals surface area contributed by atoms with Gasteiger partial charge >= 0.3 is 5.97 Å². The van der Waals surface area contributed by atoms with Gasteiger partial charge in [-0.15, -0.1) is 0 Å². The van der Waals surface area contributed by atoms with Gasteiger partial charge in [0.05, 0.1) is 19.3 Å². The molecule has 528 valence electrons. The van der Waals surface area contributed by atoms with Crippen molar-refractivity contribution in [1.29, 1.82) is 0 Å². The number of methoxy groups -OCH3 is 1. The lowest BCUT2D eigenvalue weighted by atomic mass is 9.91. The number of nitrogens with two attached hydrogens (primary N) is 1. The van der Waals surface area contributed by atoms with Crippen molar-refractivity contribution in [3.63, 3.8) is 0 Å². The standard InChI is InChI=1S/C66H119N11O14S/c1-25-27-28-43(15)56(80)55(59(83)70-47(26-2)61(85)75(21)52(36-92-35-46(67)66(90)91-24)64(88)72(18)49(31-38(5)6)58(82)71-48(34-78)41(11)12)77(23)65(89)54(42(13)14)76(22)63(87)51(33-40(9)10)74(20)62(86)50(32-39(7)8)73(19)60(84)45(17)69-57(81)44(16)68-53(79)30-29-37(3)4/h25,27,34,37-52,54-56,80H,26,28-33,35-36,67H2,1-24H3,(H,68,79)(H,69,81)(H,70,83)(H,71,82)/b27-25+/t43-,44-,45+,46+,47-,48+,49+,50-,51-,52-,54-,55-,56-/m1/s1. The SMILES string of the molecule is C/C=C/C[C@@H](C)[C@@H](O)[C@H](C(=O)N[C@H](CC)C(=O)N(C)[C@H](CSC[C@H](N)C(=O)OC)C(=O)N(C)[C@@H](CC(C)C)C(=O)N[C@@H](C=O)C(C)C)N(C)C(=O)[C@@H](C(C)C)N(C)C(=O)[C@@H](CC(C)C)N(C)C(=O)[C@@H](CC(C)C)N(C)C(=O)[C@H](C)NC(=O)[C@@H](C)NC(=O)CCC(C)C. The van der Waals surface area contributed by atoms with Gasteiger partial charge < -0.3 is 71.0 Å². The van der Waals surface area contributed by atoms with Crippen LogP contribution in [0.1, 0.15) is 163 Å². The number of hydrogen-bond donors (Lipinski definition) is 6. The van der Waals surface area contributed by atoms with E-state index in [1.54, 1.807) is 60.6 Å². The number of aliphatic hydroxyl groups is 1. The third-order valence-corrected chi connectivity index (χ3v) is 17.7. The normalized spacial score (nSPS) is 16.0. The summed E-state index contributed by atoms with van der Waals surface area (Å²) >= 11 is 1.08. The summed E-state index contributed by atoms with van der Waals surface area (Å²) in [6.07, 6.45) is 4.19. The largest absolute Gasteiger partial charge is 0.468 e. The Hall–Kier alpha value is -6.15. The maximum atomic E-state index is 15.3. The maximum Gasteiger partial charge on any atom is 0.323 e. The van der Waals surface area contributed by atoms with Gasteiger partial charge in [-0.2, -0.15) is 11.8 Å². The van der Waals surface area contributed by atoms with Crippen molar-refractivity contribution >= 4 is 83.1 Å². The summed E-state index contributed by atoms with van der Waals surface area (Å²) in [7, 11) is 9.62. The third-order valence-electron chi connectivity index (χ3n) is 16.6. The number of nitrogens with one attached hydrogen (secondary N) is 4. The van der Waals surface area contributed by atoms with E-state index in [1.165, 1.54) is 82.8 Å². The number of ether oxygens (including phenoxy) is 1. The molecule has 0 aromatic rings. The predicted molar refractivity (Wildman–Crippen MR) is 359 cm³/mol. The minimum absolute atomic E-state index is 0.0249. The quantitative estimate of drug-likeness (QED) is 0.0289. The highest BCUT2D eigenvalue weighted by atomic mass is 32.2. The molecule has 0 radical (unpaired) electrons. The molecule has 92 heavy (non-hydrogen) atoms.